The van der Waals surface area contributed by atoms with Gasteiger partial charge in [0.05, 0.1) is 18.3 Å². The van der Waals surface area contributed by atoms with Crippen LogP contribution in [0, 0.1) is 0 Å². The SMILES string of the molecule is OC1(COC2CCC2)CCCNCC1. The largest absolute Gasteiger partial charge is 0.387 e. The first kappa shape index (κ1) is 10.4. The monoisotopic (exact) mass is 199 g/mol. The standard InChI is InChI=1S/C11H21NO2/c13-11(5-2-7-12-8-6-11)9-14-10-3-1-4-10/h10,12-13H,1-9H2. The number of nitrogens with one attached hydrogen (secondary N) is 1. The van der Waals surface area contributed by atoms with Crippen LogP contribution in [-0.2, 0) is 4.74 Å². The molecular weight excluding hydrogens is 178 g/mol. The third kappa shape index (κ3) is 2.69. The van der Waals surface area contributed by atoms with Crippen LogP contribution in [0.15, 0.2) is 0 Å². The quantitative estimate of drug-likeness (QED) is 0.714. The van der Waals surface area contributed by atoms with E-state index in [4.69, 9.17) is 4.74 Å². The molecule has 1 atom stereocenters. The van der Waals surface area contributed by atoms with E-state index in [1.54, 1.807) is 0 Å². The van der Waals surface area contributed by atoms with E-state index in [0.29, 0.717) is 12.7 Å². The maximum atomic E-state index is 10.3. The highest BCUT2D eigenvalue weighted by Crippen LogP contribution is 2.26. The number of hydrogen-bond acceptors (Lipinski definition) is 3. The maximum Gasteiger partial charge on any atom is 0.0892 e. The van der Waals surface area contributed by atoms with Crippen molar-refractivity contribution in [1.29, 1.82) is 0 Å². The molecule has 2 fully saturated rings. The fourth-order valence-electron chi connectivity index (χ4n) is 2.07. The lowest BCUT2D eigenvalue weighted by atomic mass is 9.93. The molecule has 0 aromatic heterocycles. The van der Waals surface area contributed by atoms with Crippen LogP contribution >= 0.6 is 0 Å². The third-order valence-corrected chi connectivity index (χ3v) is 3.40. The van der Waals surface area contributed by atoms with Gasteiger partial charge in [-0.15, -0.1) is 0 Å². The van der Waals surface area contributed by atoms with E-state index in [9.17, 15) is 5.11 Å². The molecular formula is C11H21NO2. The summed E-state index contributed by atoms with van der Waals surface area (Å²) in [6.07, 6.45) is 6.89. The van der Waals surface area contributed by atoms with E-state index >= 15 is 0 Å². The molecule has 1 saturated carbocycles. The molecule has 2 aliphatic rings. The summed E-state index contributed by atoms with van der Waals surface area (Å²) in [4.78, 5) is 0. The number of hydrogen-bond donors (Lipinski definition) is 2. The van der Waals surface area contributed by atoms with Crippen LogP contribution < -0.4 is 5.32 Å². The third-order valence-electron chi connectivity index (χ3n) is 3.40. The second-order valence-electron chi connectivity index (χ2n) is 4.69. The van der Waals surface area contributed by atoms with Gasteiger partial charge in [-0.25, -0.2) is 0 Å². The summed E-state index contributed by atoms with van der Waals surface area (Å²) in [6, 6.07) is 0. The Morgan fingerprint density at radius 3 is 2.79 bits per heavy atom. The van der Waals surface area contributed by atoms with E-state index < -0.39 is 5.60 Å². The van der Waals surface area contributed by atoms with Gasteiger partial charge in [0.25, 0.3) is 0 Å². The van der Waals surface area contributed by atoms with Gasteiger partial charge >= 0.3 is 0 Å². The van der Waals surface area contributed by atoms with Gasteiger partial charge in [-0.2, -0.15) is 0 Å². The van der Waals surface area contributed by atoms with Gasteiger partial charge in [-0.05, 0) is 51.6 Å². The lowest BCUT2D eigenvalue weighted by Crippen LogP contribution is -2.38. The number of ether oxygens (including phenoxy) is 1. The van der Waals surface area contributed by atoms with E-state index in [0.717, 1.165) is 32.4 Å². The molecule has 82 valence electrons. The number of rotatable bonds is 3. The minimum atomic E-state index is -0.556. The van der Waals surface area contributed by atoms with Crippen LogP contribution in [0.1, 0.15) is 38.5 Å². The highest BCUT2D eigenvalue weighted by molar-refractivity contribution is 4.83. The van der Waals surface area contributed by atoms with Crippen molar-refractivity contribution in [3.63, 3.8) is 0 Å². The summed E-state index contributed by atoms with van der Waals surface area (Å²) in [5.41, 5.74) is -0.556. The van der Waals surface area contributed by atoms with Crippen LogP contribution in [0.3, 0.4) is 0 Å². The molecule has 3 nitrogen and oxygen atoms in total. The topological polar surface area (TPSA) is 41.5 Å². The first-order valence-electron chi connectivity index (χ1n) is 5.83. The highest BCUT2D eigenvalue weighted by Gasteiger charge is 2.30. The van der Waals surface area contributed by atoms with Crippen molar-refractivity contribution in [1.82, 2.24) is 5.32 Å². The van der Waals surface area contributed by atoms with Crippen LogP contribution in [0.25, 0.3) is 0 Å². The van der Waals surface area contributed by atoms with Crippen LogP contribution in [-0.4, -0.2) is 36.5 Å². The van der Waals surface area contributed by atoms with Crippen molar-refractivity contribution in [3.8, 4) is 0 Å². The molecule has 0 bridgehead atoms. The van der Waals surface area contributed by atoms with Gasteiger partial charge in [0.2, 0.25) is 0 Å². The molecule has 2 rings (SSSR count). The second-order valence-corrected chi connectivity index (χ2v) is 4.69. The first-order chi connectivity index (χ1) is 6.79. The average Bonchev–Trinajstić information content (AvgIpc) is 2.28. The first-order valence-corrected chi connectivity index (χ1v) is 5.83. The zero-order chi connectivity index (χ0) is 9.86. The molecule has 0 aromatic rings. The van der Waals surface area contributed by atoms with Crippen LogP contribution in [0.5, 0.6) is 0 Å². The van der Waals surface area contributed by atoms with E-state index in [1.165, 1.54) is 19.3 Å². The van der Waals surface area contributed by atoms with Crippen molar-refractivity contribution >= 4 is 0 Å². The lowest BCUT2D eigenvalue weighted by molar-refractivity contribution is -0.0968. The van der Waals surface area contributed by atoms with E-state index in [1.807, 2.05) is 0 Å². The molecule has 1 unspecified atom stereocenters. The Balaban J connectivity index is 1.74. The second kappa shape index (κ2) is 4.60. The Kier molecular flexibility index (Phi) is 3.42. The molecule has 0 radical (unpaired) electrons. The smallest absolute Gasteiger partial charge is 0.0892 e. The summed E-state index contributed by atoms with van der Waals surface area (Å²) in [5.74, 6) is 0. The van der Waals surface area contributed by atoms with Gasteiger partial charge in [0.15, 0.2) is 0 Å². The molecule has 2 N–H and O–H groups in total. The zero-order valence-electron chi connectivity index (χ0n) is 8.80. The van der Waals surface area contributed by atoms with Gasteiger partial charge < -0.3 is 15.2 Å². The average molecular weight is 199 g/mol. The zero-order valence-corrected chi connectivity index (χ0v) is 8.80. The van der Waals surface area contributed by atoms with Crippen molar-refractivity contribution in [2.75, 3.05) is 19.7 Å². The Bertz CT molecular complexity index is 172. The normalized spacial score (nSPS) is 34.9. The summed E-state index contributed by atoms with van der Waals surface area (Å²) in [5, 5.41) is 13.6. The fraction of sp³-hybridized carbons (Fsp3) is 1.00. The molecule has 14 heavy (non-hydrogen) atoms. The Hall–Kier alpha value is -0.120. The molecule has 1 aliphatic heterocycles. The fourth-order valence-corrected chi connectivity index (χ4v) is 2.07. The van der Waals surface area contributed by atoms with Crippen molar-refractivity contribution in [2.24, 2.45) is 0 Å². The molecule has 1 aliphatic carbocycles. The highest BCUT2D eigenvalue weighted by atomic mass is 16.5. The summed E-state index contributed by atoms with van der Waals surface area (Å²) in [6.45, 7) is 2.50. The Morgan fingerprint density at radius 2 is 2.07 bits per heavy atom. The minimum Gasteiger partial charge on any atom is -0.387 e. The molecule has 0 amide bonds. The summed E-state index contributed by atoms with van der Waals surface area (Å²) >= 11 is 0. The van der Waals surface area contributed by atoms with Crippen LogP contribution in [0.2, 0.25) is 0 Å². The van der Waals surface area contributed by atoms with Gasteiger partial charge in [-0.3, -0.25) is 0 Å². The van der Waals surface area contributed by atoms with E-state index in [2.05, 4.69) is 5.32 Å². The Morgan fingerprint density at radius 1 is 1.21 bits per heavy atom. The summed E-state index contributed by atoms with van der Waals surface area (Å²) < 4.78 is 5.70. The van der Waals surface area contributed by atoms with Gasteiger partial charge in [0, 0.05) is 0 Å². The Labute approximate surface area is 85.8 Å². The maximum absolute atomic E-state index is 10.3. The lowest BCUT2D eigenvalue weighted by Gasteiger charge is -2.32. The van der Waals surface area contributed by atoms with Gasteiger partial charge in [-0.1, -0.05) is 0 Å². The van der Waals surface area contributed by atoms with Crippen molar-refractivity contribution < 1.29 is 9.84 Å². The van der Waals surface area contributed by atoms with E-state index in [-0.39, 0.29) is 0 Å². The predicted molar refractivity (Wildman–Crippen MR) is 55.3 cm³/mol. The predicted octanol–water partition coefficient (Wildman–Crippen LogP) is 1.06. The molecule has 0 spiro atoms. The van der Waals surface area contributed by atoms with Crippen LogP contribution in [0.4, 0.5) is 0 Å². The molecule has 1 saturated heterocycles. The number of aliphatic hydroxyl groups is 1. The van der Waals surface area contributed by atoms with Crippen molar-refractivity contribution in [2.45, 2.75) is 50.2 Å². The molecule has 3 heteroatoms. The minimum absolute atomic E-state index is 0.440. The molecule has 0 aromatic carbocycles. The molecule has 1 heterocycles. The van der Waals surface area contributed by atoms with Gasteiger partial charge in [0.1, 0.15) is 0 Å². The van der Waals surface area contributed by atoms with Crippen molar-refractivity contribution in [3.05, 3.63) is 0 Å². The summed E-state index contributed by atoms with van der Waals surface area (Å²) in [7, 11) is 0.